The van der Waals surface area contributed by atoms with Crippen LogP contribution in [0, 0.1) is 5.41 Å². The molecular formula is C24H29N3O2. The van der Waals surface area contributed by atoms with E-state index in [4.69, 9.17) is 0 Å². The van der Waals surface area contributed by atoms with Crippen LogP contribution in [0.15, 0.2) is 60.7 Å². The fourth-order valence-electron chi connectivity index (χ4n) is 4.60. The van der Waals surface area contributed by atoms with Crippen molar-refractivity contribution in [3.63, 3.8) is 0 Å². The van der Waals surface area contributed by atoms with Gasteiger partial charge in [0.15, 0.2) is 0 Å². The molecule has 2 aromatic rings. The van der Waals surface area contributed by atoms with Gasteiger partial charge in [-0.25, -0.2) is 0 Å². The smallest absolute Gasteiger partial charge is 0.251 e. The molecule has 0 unspecified atom stereocenters. The molecule has 0 saturated carbocycles. The lowest BCUT2D eigenvalue weighted by molar-refractivity contribution is -0.174. The first-order valence-corrected chi connectivity index (χ1v) is 10.4. The number of likely N-dealkylation sites (tertiary alicyclic amines) is 2. The van der Waals surface area contributed by atoms with E-state index < -0.39 is 0 Å². The summed E-state index contributed by atoms with van der Waals surface area (Å²) in [4.78, 5) is 29.4. The Balaban J connectivity index is 1.32. The van der Waals surface area contributed by atoms with Gasteiger partial charge in [0, 0.05) is 24.7 Å². The van der Waals surface area contributed by atoms with Crippen molar-refractivity contribution in [1.82, 2.24) is 15.1 Å². The van der Waals surface area contributed by atoms with Crippen LogP contribution in [-0.4, -0.2) is 47.4 Å². The monoisotopic (exact) mass is 391 g/mol. The number of benzene rings is 2. The van der Waals surface area contributed by atoms with Gasteiger partial charge in [0.2, 0.25) is 5.91 Å². The van der Waals surface area contributed by atoms with Crippen molar-refractivity contribution >= 4 is 11.8 Å². The Morgan fingerprint density at radius 2 is 1.59 bits per heavy atom. The van der Waals surface area contributed by atoms with Gasteiger partial charge in [-0.15, -0.1) is 0 Å². The minimum atomic E-state index is -0.358. The van der Waals surface area contributed by atoms with Crippen LogP contribution < -0.4 is 5.32 Å². The molecule has 1 atom stereocenters. The van der Waals surface area contributed by atoms with E-state index in [9.17, 15) is 9.59 Å². The molecule has 2 aliphatic heterocycles. The van der Waals surface area contributed by atoms with Crippen molar-refractivity contribution in [2.45, 2.75) is 38.8 Å². The summed E-state index contributed by atoms with van der Waals surface area (Å²) in [6.45, 7) is 6.49. The lowest BCUT2D eigenvalue weighted by atomic mass is 9.71. The minimum Gasteiger partial charge on any atom is -0.349 e. The van der Waals surface area contributed by atoms with Gasteiger partial charge in [0.05, 0.1) is 18.1 Å². The Bertz CT molecular complexity index is 858. The van der Waals surface area contributed by atoms with Crippen LogP contribution in [-0.2, 0) is 4.79 Å². The number of hydrogen-bond donors (Lipinski definition) is 1. The number of carbonyl (C=O) groups is 2. The third kappa shape index (κ3) is 3.92. The van der Waals surface area contributed by atoms with Gasteiger partial charge < -0.3 is 10.2 Å². The Labute approximate surface area is 172 Å². The van der Waals surface area contributed by atoms with Crippen LogP contribution in [0.4, 0.5) is 0 Å². The molecule has 2 aliphatic rings. The third-order valence-corrected chi connectivity index (χ3v) is 6.23. The summed E-state index contributed by atoms with van der Waals surface area (Å²) in [5.41, 5.74) is 1.54. The van der Waals surface area contributed by atoms with E-state index in [0.29, 0.717) is 12.2 Å². The molecule has 0 aliphatic carbocycles. The molecule has 2 saturated heterocycles. The molecule has 0 spiro atoms. The average Bonchev–Trinajstić information content (AvgIpc) is 2.75. The Morgan fingerprint density at radius 1 is 1.00 bits per heavy atom. The van der Waals surface area contributed by atoms with Crippen LogP contribution in [0.3, 0.4) is 0 Å². The SMILES string of the molecule is CC1(C)C(=O)N(CN2CCC(NC(=O)c3ccccc3)CC2)[C@@H]1c1ccccc1. The highest BCUT2D eigenvalue weighted by molar-refractivity contribution is 5.94. The molecule has 0 bridgehead atoms. The van der Waals surface area contributed by atoms with Gasteiger partial charge in [0.25, 0.3) is 5.91 Å². The Kier molecular flexibility index (Phi) is 5.41. The molecule has 0 radical (unpaired) electrons. The minimum absolute atomic E-state index is 0.00661. The zero-order chi connectivity index (χ0) is 20.4. The van der Waals surface area contributed by atoms with Crippen molar-refractivity contribution < 1.29 is 9.59 Å². The highest BCUT2D eigenvalue weighted by atomic mass is 16.2. The second-order valence-corrected chi connectivity index (χ2v) is 8.68. The fraction of sp³-hybridized carbons (Fsp3) is 0.417. The van der Waals surface area contributed by atoms with E-state index in [1.54, 1.807) is 0 Å². The Hall–Kier alpha value is -2.66. The third-order valence-electron chi connectivity index (χ3n) is 6.23. The highest BCUT2D eigenvalue weighted by Crippen LogP contribution is 2.49. The van der Waals surface area contributed by atoms with Gasteiger partial charge in [-0.3, -0.25) is 14.5 Å². The van der Waals surface area contributed by atoms with E-state index in [0.717, 1.165) is 25.9 Å². The molecule has 2 amide bonds. The van der Waals surface area contributed by atoms with E-state index in [-0.39, 0.29) is 29.3 Å². The molecular weight excluding hydrogens is 362 g/mol. The van der Waals surface area contributed by atoms with Crippen molar-refractivity contribution in [3.8, 4) is 0 Å². The van der Waals surface area contributed by atoms with Crippen LogP contribution in [0.2, 0.25) is 0 Å². The normalized spacial score (nSPS) is 22.2. The fourth-order valence-corrected chi connectivity index (χ4v) is 4.60. The number of piperidine rings is 1. The van der Waals surface area contributed by atoms with Gasteiger partial charge in [-0.1, -0.05) is 48.5 Å². The standard InChI is InChI=1S/C24H29N3O2/c1-24(2)21(18-9-5-3-6-10-18)27(23(24)29)17-26-15-13-20(14-16-26)25-22(28)19-11-7-4-8-12-19/h3-12,20-21H,13-17H2,1-2H3,(H,25,28)/t21-/m1/s1. The molecule has 152 valence electrons. The maximum Gasteiger partial charge on any atom is 0.251 e. The van der Waals surface area contributed by atoms with Crippen molar-refractivity contribution in [3.05, 3.63) is 71.8 Å². The summed E-state index contributed by atoms with van der Waals surface area (Å²) >= 11 is 0. The lowest BCUT2D eigenvalue weighted by Crippen LogP contribution is -2.63. The summed E-state index contributed by atoms with van der Waals surface area (Å²) in [6, 6.07) is 20.0. The number of nitrogens with zero attached hydrogens (tertiary/aromatic N) is 2. The maximum atomic E-state index is 12.7. The van der Waals surface area contributed by atoms with E-state index >= 15 is 0 Å². The molecule has 2 aromatic carbocycles. The zero-order valence-electron chi connectivity index (χ0n) is 17.2. The predicted octanol–water partition coefficient (Wildman–Crippen LogP) is 3.45. The molecule has 5 nitrogen and oxygen atoms in total. The first kappa shape index (κ1) is 19.6. The molecule has 2 heterocycles. The van der Waals surface area contributed by atoms with Gasteiger partial charge in [-0.2, -0.15) is 0 Å². The average molecular weight is 392 g/mol. The number of β-lactam (4-membered cyclic amide) rings is 1. The molecule has 29 heavy (non-hydrogen) atoms. The van der Waals surface area contributed by atoms with Crippen LogP contribution in [0.25, 0.3) is 0 Å². The predicted molar refractivity (Wildman–Crippen MR) is 113 cm³/mol. The molecule has 4 rings (SSSR count). The Morgan fingerprint density at radius 3 is 2.21 bits per heavy atom. The number of carbonyl (C=O) groups excluding carboxylic acids is 2. The first-order chi connectivity index (χ1) is 14.0. The van der Waals surface area contributed by atoms with Crippen molar-refractivity contribution in [2.24, 2.45) is 5.41 Å². The first-order valence-electron chi connectivity index (χ1n) is 10.4. The number of hydrogen-bond acceptors (Lipinski definition) is 3. The zero-order valence-corrected chi connectivity index (χ0v) is 17.2. The molecule has 5 heteroatoms. The summed E-state index contributed by atoms with van der Waals surface area (Å²) in [5, 5.41) is 3.15. The quantitative estimate of drug-likeness (QED) is 0.795. The van der Waals surface area contributed by atoms with Crippen molar-refractivity contribution in [1.29, 1.82) is 0 Å². The lowest BCUT2D eigenvalue weighted by Gasteiger charge is -2.54. The highest BCUT2D eigenvalue weighted by Gasteiger charge is 2.54. The summed E-state index contributed by atoms with van der Waals surface area (Å²) in [5.74, 6) is 0.207. The topological polar surface area (TPSA) is 52.7 Å². The molecule has 2 fully saturated rings. The van der Waals surface area contributed by atoms with Gasteiger partial charge in [0.1, 0.15) is 0 Å². The van der Waals surface area contributed by atoms with Crippen LogP contribution in [0.1, 0.15) is 48.7 Å². The summed E-state index contributed by atoms with van der Waals surface area (Å²) < 4.78 is 0. The second kappa shape index (κ2) is 7.99. The van der Waals surface area contributed by atoms with E-state index in [2.05, 4.69) is 22.3 Å². The second-order valence-electron chi connectivity index (χ2n) is 8.68. The summed E-state index contributed by atoms with van der Waals surface area (Å²) in [7, 11) is 0. The molecule has 0 aromatic heterocycles. The molecule has 1 N–H and O–H groups in total. The largest absolute Gasteiger partial charge is 0.349 e. The van der Waals surface area contributed by atoms with Gasteiger partial charge >= 0.3 is 0 Å². The number of amides is 2. The maximum absolute atomic E-state index is 12.7. The number of nitrogens with one attached hydrogen (secondary N) is 1. The summed E-state index contributed by atoms with van der Waals surface area (Å²) in [6.07, 6.45) is 1.81. The van der Waals surface area contributed by atoms with Gasteiger partial charge in [-0.05, 0) is 44.4 Å². The van der Waals surface area contributed by atoms with Crippen LogP contribution in [0.5, 0.6) is 0 Å². The van der Waals surface area contributed by atoms with Crippen molar-refractivity contribution in [2.75, 3.05) is 19.8 Å². The van der Waals surface area contributed by atoms with E-state index in [1.807, 2.05) is 67.3 Å². The van der Waals surface area contributed by atoms with E-state index in [1.165, 1.54) is 5.56 Å². The van der Waals surface area contributed by atoms with Crippen LogP contribution >= 0.6 is 0 Å². The number of rotatable bonds is 5.